The van der Waals surface area contributed by atoms with Crippen molar-refractivity contribution in [3.63, 3.8) is 0 Å². The Hall–Kier alpha value is -2.70. The second-order valence-corrected chi connectivity index (χ2v) is 7.48. The van der Waals surface area contributed by atoms with Crippen LogP contribution < -0.4 is 10.6 Å². The molecule has 1 saturated heterocycles. The van der Waals surface area contributed by atoms with Crippen molar-refractivity contribution in [2.75, 3.05) is 0 Å². The van der Waals surface area contributed by atoms with E-state index in [1.165, 1.54) is 4.90 Å². The fourth-order valence-electron chi connectivity index (χ4n) is 3.74. The third kappa shape index (κ3) is 4.58. The highest BCUT2D eigenvalue weighted by Crippen LogP contribution is 2.28. The molecule has 1 atom stereocenters. The van der Waals surface area contributed by atoms with Gasteiger partial charge in [-0.2, -0.15) is 0 Å². The van der Waals surface area contributed by atoms with Gasteiger partial charge in [0.05, 0.1) is 0 Å². The van der Waals surface area contributed by atoms with Crippen LogP contribution in [0.2, 0.25) is 0 Å². The zero-order valence-corrected chi connectivity index (χ0v) is 16.3. The van der Waals surface area contributed by atoms with Crippen LogP contribution in [0.15, 0.2) is 18.2 Å². The lowest BCUT2D eigenvalue weighted by Crippen LogP contribution is -2.52. The molecule has 2 aliphatic rings. The van der Waals surface area contributed by atoms with Crippen molar-refractivity contribution >= 4 is 23.6 Å². The molecular formula is C21H27N3O4. The molecule has 3 rings (SSSR count). The van der Waals surface area contributed by atoms with Crippen LogP contribution >= 0.6 is 0 Å². The van der Waals surface area contributed by atoms with Crippen molar-refractivity contribution in [1.82, 2.24) is 15.5 Å². The first-order chi connectivity index (χ1) is 13.5. The van der Waals surface area contributed by atoms with Gasteiger partial charge in [-0.1, -0.05) is 38.3 Å². The van der Waals surface area contributed by atoms with Crippen molar-refractivity contribution in [1.29, 1.82) is 0 Å². The summed E-state index contributed by atoms with van der Waals surface area (Å²) in [6.07, 6.45) is 5.39. The number of benzene rings is 1. The Morgan fingerprint density at radius 3 is 2.79 bits per heavy atom. The van der Waals surface area contributed by atoms with E-state index < -0.39 is 11.9 Å². The monoisotopic (exact) mass is 385 g/mol. The Balaban J connectivity index is 1.57. The van der Waals surface area contributed by atoms with Crippen LogP contribution in [-0.2, 0) is 27.5 Å². The lowest BCUT2D eigenvalue weighted by Gasteiger charge is -2.29. The largest absolute Gasteiger partial charge is 0.352 e. The van der Waals surface area contributed by atoms with Crippen LogP contribution in [0.1, 0.15) is 73.4 Å². The Morgan fingerprint density at radius 2 is 2.04 bits per heavy atom. The maximum absolute atomic E-state index is 12.7. The fraction of sp³-hybridized carbons (Fsp3) is 0.524. The summed E-state index contributed by atoms with van der Waals surface area (Å²) >= 11 is 0. The molecule has 150 valence electrons. The summed E-state index contributed by atoms with van der Waals surface area (Å²) in [6.45, 7) is 2.91. The number of hydrogen-bond donors (Lipinski definition) is 2. The van der Waals surface area contributed by atoms with Crippen LogP contribution in [0.5, 0.6) is 0 Å². The SMILES string of the molecule is CCCCCCC(=O)NCc1ccc2c(c1)CN(C1CCC(=O)NC1=O)C2=O. The maximum Gasteiger partial charge on any atom is 0.255 e. The number of fused-ring (bicyclic) bond motifs is 1. The number of nitrogens with zero attached hydrogens (tertiary/aromatic N) is 1. The van der Waals surface area contributed by atoms with Gasteiger partial charge < -0.3 is 10.2 Å². The predicted octanol–water partition coefficient (Wildman–Crippen LogP) is 2.03. The number of amides is 4. The average molecular weight is 385 g/mol. The molecule has 0 spiro atoms. The van der Waals surface area contributed by atoms with Crippen molar-refractivity contribution in [2.45, 2.75) is 71.0 Å². The van der Waals surface area contributed by atoms with Crippen LogP contribution in [0.3, 0.4) is 0 Å². The molecule has 2 heterocycles. The highest BCUT2D eigenvalue weighted by molar-refractivity contribution is 6.05. The maximum atomic E-state index is 12.7. The minimum absolute atomic E-state index is 0.0397. The zero-order chi connectivity index (χ0) is 20.1. The lowest BCUT2D eigenvalue weighted by molar-refractivity contribution is -0.137. The molecule has 7 heteroatoms. The summed E-state index contributed by atoms with van der Waals surface area (Å²) in [4.78, 5) is 49.6. The molecule has 0 aromatic heterocycles. The number of unbranched alkanes of at least 4 members (excludes halogenated alkanes) is 3. The van der Waals surface area contributed by atoms with Gasteiger partial charge in [0.1, 0.15) is 6.04 Å². The van der Waals surface area contributed by atoms with E-state index in [0.717, 1.165) is 36.8 Å². The third-order valence-electron chi connectivity index (χ3n) is 5.34. The standard InChI is InChI=1S/C21H27N3O4/c1-2-3-4-5-6-18(25)22-12-14-7-8-16-15(11-14)13-24(21(16)28)17-9-10-19(26)23-20(17)27/h7-8,11,17H,2-6,9-10,12-13H2,1H3,(H,22,25)(H,23,26,27). The predicted molar refractivity (Wildman–Crippen MR) is 103 cm³/mol. The second-order valence-electron chi connectivity index (χ2n) is 7.48. The van der Waals surface area contributed by atoms with Crippen molar-refractivity contribution < 1.29 is 19.2 Å². The number of piperidine rings is 1. The Morgan fingerprint density at radius 1 is 1.21 bits per heavy atom. The zero-order valence-electron chi connectivity index (χ0n) is 16.3. The van der Waals surface area contributed by atoms with E-state index in [4.69, 9.17) is 0 Å². The van der Waals surface area contributed by atoms with E-state index in [2.05, 4.69) is 17.6 Å². The highest BCUT2D eigenvalue weighted by atomic mass is 16.2. The van der Waals surface area contributed by atoms with Gasteiger partial charge in [-0.25, -0.2) is 0 Å². The normalized spacial score (nSPS) is 18.8. The van der Waals surface area contributed by atoms with E-state index >= 15 is 0 Å². The second kappa shape index (κ2) is 8.99. The molecule has 1 fully saturated rings. The number of hydrogen-bond acceptors (Lipinski definition) is 4. The van der Waals surface area contributed by atoms with Crippen LogP contribution in [-0.4, -0.2) is 34.6 Å². The van der Waals surface area contributed by atoms with E-state index in [9.17, 15) is 19.2 Å². The minimum atomic E-state index is -0.608. The lowest BCUT2D eigenvalue weighted by atomic mass is 10.0. The van der Waals surface area contributed by atoms with Crippen LogP contribution in [0.25, 0.3) is 0 Å². The number of imide groups is 1. The van der Waals surface area contributed by atoms with Gasteiger partial charge in [-0.15, -0.1) is 0 Å². The van der Waals surface area contributed by atoms with Crippen molar-refractivity contribution in [3.8, 4) is 0 Å². The van der Waals surface area contributed by atoms with E-state index in [1.54, 1.807) is 6.07 Å². The molecule has 2 aliphatic heterocycles. The van der Waals surface area contributed by atoms with Gasteiger partial charge in [0, 0.05) is 31.5 Å². The first kappa shape index (κ1) is 20.0. The first-order valence-corrected chi connectivity index (χ1v) is 10.0. The summed E-state index contributed by atoms with van der Waals surface area (Å²) in [5, 5.41) is 5.23. The molecule has 1 unspecified atom stereocenters. The molecule has 28 heavy (non-hydrogen) atoms. The van der Waals surface area contributed by atoms with Crippen LogP contribution in [0.4, 0.5) is 0 Å². The highest BCUT2D eigenvalue weighted by Gasteiger charge is 2.38. The molecule has 4 amide bonds. The minimum Gasteiger partial charge on any atom is -0.352 e. The summed E-state index contributed by atoms with van der Waals surface area (Å²) < 4.78 is 0. The molecule has 2 N–H and O–H groups in total. The molecule has 0 aliphatic carbocycles. The van der Waals surface area contributed by atoms with Gasteiger partial charge in [0.25, 0.3) is 5.91 Å². The Bertz CT molecular complexity index is 790. The van der Waals surface area contributed by atoms with E-state index in [-0.39, 0.29) is 24.1 Å². The van der Waals surface area contributed by atoms with E-state index in [1.807, 2.05) is 12.1 Å². The molecule has 0 bridgehead atoms. The number of carbonyl (C=O) groups excluding carboxylic acids is 4. The summed E-state index contributed by atoms with van der Waals surface area (Å²) in [7, 11) is 0. The molecule has 0 saturated carbocycles. The van der Waals surface area contributed by atoms with E-state index in [0.29, 0.717) is 31.5 Å². The number of nitrogens with one attached hydrogen (secondary N) is 2. The Kier molecular flexibility index (Phi) is 6.44. The summed E-state index contributed by atoms with van der Waals surface area (Å²) in [6, 6.07) is 4.90. The summed E-state index contributed by atoms with van der Waals surface area (Å²) in [5.41, 5.74) is 2.36. The van der Waals surface area contributed by atoms with Crippen molar-refractivity contribution in [2.24, 2.45) is 0 Å². The summed E-state index contributed by atoms with van der Waals surface area (Å²) in [5.74, 6) is -0.847. The van der Waals surface area contributed by atoms with Gasteiger partial charge in [0.2, 0.25) is 17.7 Å². The van der Waals surface area contributed by atoms with Crippen LogP contribution in [0, 0.1) is 0 Å². The Labute approximate surface area is 164 Å². The first-order valence-electron chi connectivity index (χ1n) is 10.0. The molecule has 1 aromatic carbocycles. The van der Waals surface area contributed by atoms with Crippen molar-refractivity contribution in [3.05, 3.63) is 34.9 Å². The van der Waals surface area contributed by atoms with Gasteiger partial charge in [-0.05, 0) is 30.0 Å². The molecular weight excluding hydrogens is 358 g/mol. The number of rotatable bonds is 8. The van der Waals surface area contributed by atoms with Gasteiger partial charge >= 0.3 is 0 Å². The molecule has 0 radical (unpaired) electrons. The third-order valence-corrected chi connectivity index (χ3v) is 5.34. The molecule has 1 aromatic rings. The topological polar surface area (TPSA) is 95.6 Å². The number of carbonyl (C=O) groups is 4. The average Bonchev–Trinajstić information content (AvgIpc) is 2.99. The molecule has 7 nitrogen and oxygen atoms in total. The fourth-order valence-corrected chi connectivity index (χ4v) is 3.74. The van der Waals surface area contributed by atoms with Gasteiger partial charge in [0.15, 0.2) is 0 Å². The quantitative estimate of drug-likeness (QED) is 0.529. The smallest absolute Gasteiger partial charge is 0.255 e. The van der Waals surface area contributed by atoms with Gasteiger partial charge in [-0.3, -0.25) is 24.5 Å².